The van der Waals surface area contributed by atoms with Crippen molar-refractivity contribution in [3.8, 4) is 6.07 Å². The molecule has 0 bridgehead atoms. The van der Waals surface area contributed by atoms with Gasteiger partial charge in [-0.3, -0.25) is 15.0 Å². The van der Waals surface area contributed by atoms with Gasteiger partial charge >= 0.3 is 29.6 Å². The SMILES string of the molecule is BrCc1ccc2ncccc2c1.Cc1ccc2ncccc2c1.N#CCc1ccc2ncccc2c1.[C-]#N.[Na+]. The first kappa shape index (κ1) is 31.6. The fourth-order valence-electron chi connectivity index (χ4n) is 3.73. The topological polar surface area (TPSA) is 86.2 Å². The van der Waals surface area contributed by atoms with E-state index in [1.807, 2.05) is 67.0 Å². The van der Waals surface area contributed by atoms with Crippen molar-refractivity contribution in [3.63, 3.8) is 0 Å². The molecule has 0 aliphatic rings. The second-order valence-corrected chi connectivity index (χ2v) is 8.79. The molecule has 0 saturated carbocycles. The molecule has 7 heteroatoms. The summed E-state index contributed by atoms with van der Waals surface area (Å²) in [4.78, 5) is 12.7. The predicted octanol–water partition coefficient (Wildman–Crippen LogP) is 5.07. The molecule has 186 valence electrons. The summed E-state index contributed by atoms with van der Waals surface area (Å²) in [5.74, 6) is 0. The number of rotatable bonds is 2. The van der Waals surface area contributed by atoms with E-state index in [1.165, 1.54) is 21.9 Å². The molecule has 0 aliphatic heterocycles. The van der Waals surface area contributed by atoms with E-state index < -0.39 is 0 Å². The maximum absolute atomic E-state index is 8.53. The van der Waals surface area contributed by atoms with E-state index in [1.54, 1.807) is 6.20 Å². The van der Waals surface area contributed by atoms with Crippen LogP contribution in [0.2, 0.25) is 0 Å². The summed E-state index contributed by atoms with van der Waals surface area (Å²) in [5, 5.41) is 19.2. The second kappa shape index (κ2) is 17.0. The monoisotopic (exact) mass is 581 g/mol. The van der Waals surface area contributed by atoms with Gasteiger partial charge < -0.3 is 11.8 Å². The second-order valence-electron chi connectivity index (χ2n) is 8.23. The van der Waals surface area contributed by atoms with E-state index in [-0.39, 0.29) is 29.6 Å². The Morgan fingerprint density at radius 3 is 1.59 bits per heavy atom. The van der Waals surface area contributed by atoms with Crippen LogP contribution in [0.4, 0.5) is 0 Å². The van der Waals surface area contributed by atoms with Crippen molar-refractivity contribution in [3.05, 3.63) is 133 Å². The largest absolute Gasteiger partial charge is 1.00 e. The van der Waals surface area contributed by atoms with Gasteiger partial charge in [0.1, 0.15) is 0 Å². The van der Waals surface area contributed by atoms with Gasteiger partial charge in [0.15, 0.2) is 0 Å². The predicted molar refractivity (Wildman–Crippen MR) is 157 cm³/mol. The molecule has 0 fully saturated rings. The number of aromatic nitrogens is 3. The van der Waals surface area contributed by atoms with Crippen LogP contribution in [0.1, 0.15) is 16.7 Å². The Balaban J connectivity index is 0.000000197. The van der Waals surface area contributed by atoms with Crippen molar-refractivity contribution in [2.75, 3.05) is 0 Å². The zero-order valence-corrected chi connectivity index (χ0v) is 25.5. The molecule has 3 aromatic heterocycles. The molecule has 0 atom stereocenters. The molecule has 0 radical (unpaired) electrons. The molecule has 0 saturated heterocycles. The Kier molecular flexibility index (Phi) is 13.8. The first-order valence-corrected chi connectivity index (χ1v) is 12.9. The number of pyridine rings is 3. The van der Waals surface area contributed by atoms with Gasteiger partial charge in [-0.05, 0) is 72.6 Å². The number of alkyl halides is 1. The minimum atomic E-state index is 0. The van der Waals surface area contributed by atoms with Crippen LogP contribution in [0.3, 0.4) is 0 Å². The minimum Gasteiger partial charge on any atom is -0.512 e. The molecule has 0 amide bonds. The van der Waals surface area contributed by atoms with E-state index >= 15 is 0 Å². The third-order valence-electron chi connectivity index (χ3n) is 5.53. The van der Waals surface area contributed by atoms with E-state index in [9.17, 15) is 0 Å². The fraction of sp³-hybridized carbons (Fsp3) is 0.0938. The molecule has 3 aromatic carbocycles. The van der Waals surface area contributed by atoms with Crippen molar-refractivity contribution in [1.82, 2.24) is 15.0 Å². The van der Waals surface area contributed by atoms with Gasteiger partial charge in [0.25, 0.3) is 0 Å². The molecular weight excluding hydrogens is 557 g/mol. The Morgan fingerprint density at radius 1 is 0.667 bits per heavy atom. The van der Waals surface area contributed by atoms with Gasteiger partial charge in [-0.2, -0.15) is 5.26 Å². The number of nitrogens with zero attached hydrogens (tertiary/aromatic N) is 5. The van der Waals surface area contributed by atoms with E-state index in [2.05, 4.69) is 80.3 Å². The van der Waals surface area contributed by atoms with Crippen LogP contribution < -0.4 is 29.6 Å². The molecule has 3 heterocycles. The van der Waals surface area contributed by atoms with Crippen molar-refractivity contribution < 1.29 is 29.6 Å². The van der Waals surface area contributed by atoms with Crippen molar-refractivity contribution in [2.45, 2.75) is 18.7 Å². The number of benzene rings is 3. The average molecular weight is 582 g/mol. The molecule has 6 rings (SSSR count). The number of nitriles is 1. The van der Waals surface area contributed by atoms with Gasteiger partial charge in [0.05, 0.1) is 29.0 Å². The Hall–Kier alpha value is -3.65. The van der Waals surface area contributed by atoms with E-state index in [0.717, 1.165) is 32.8 Å². The van der Waals surface area contributed by atoms with Crippen molar-refractivity contribution in [2.24, 2.45) is 0 Å². The number of halogens is 1. The van der Waals surface area contributed by atoms with Crippen LogP contribution in [-0.2, 0) is 11.8 Å². The summed E-state index contributed by atoms with van der Waals surface area (Å²) in [6.45, 7) is 6.84. The van der Waals surface area contributed by atoms with Crippen LogP contribution in [0, 0.1) is 30.1 Å². The maximum Gasteiger partial charge on any atom is 1.00 e. The Bertz CT molecular complexity index is 1690. The van der Waals surface area contributed by atoms with Gasteiger partial charge in [-0.1, -0.05) is 57.9 Å². The fourth-order valence-corrected chi connectivity index (χ4v) is 4.08. The minimum absolute atomic E-state index is 0. The molecule has 39 heavy (non-hydrogen) atoms. The van der Waals surface area contributed by atoms with Crippen molar-refractivity contribution in [1.29, 1.82) is 10.5 Å². The van der Waals surface area contributed by atoms with Crippen LogP contribution in [0.5, 0.6) is 0 Å². The van der Waals surface area contributed by atoms with E-state index in [4.69, 9.17) is 17.1 Å². The third-order valence-corrected chi connectivity index (χ3v) is 6.18. The molecule has 0 unspecified atom stereocenters. The number of aryl methyl sites for hydroxylation is 1. The molecular formula is C32H25BrN5Na. The molecule has 0 aliphatic carbocycles. The number of hydrogen-bond acceptors (Lipinski definition) is 5. The summed E-state index contributed by atoms with van der Waals surface area (Å²) in [5.41, 5.74) is 6.72. The standard InChI is InChI=1S/C11H8N2.C10H8BrN.C10H9N.CN.Na/c12-6-5-9-3-4-11-10(8-9)2-1-7-13-11;11-7-8-3-4-10-9(6-8)2-1-5-12-10;1-8-4-5-10-9(7-8)3-2-6-11-10;1-2;/h1-4,7-8H,5H2;1-6H,7H2;2-7H,1H3;;/q;;;-1;+1. The summed E-state index contributed by atoms with van der Waals surface area (Å²) in [6.07, 6.45) is 5.87. The molecule has 6 aromatic rings. The van der Waals surface area contributed by atoms with Crippen LogP contribution >= 0.6 is 15.9 Å². The zero-order chi connectivity index (χ0) is 27.2. The molecule has 0 spiro atoms. The van der Waals surface area contributed by atoms with Gasteiger partial charge in [0.2, 0.25) is 0 Å². The summed E-state index contributed by atoms with van der Waals surface area (Å²) < 4.78 is 0. The number of hydrogen-bond donors (Lipinski definition) is 0. The maximum atomic E-state index is 8.53. The van der Waals surface area contributed by atoms with Crippen LogP contribution in [0.15, 0.2) is 110 Å². The normalized spacial score (nSPS) is 9.41. The van der Waals surface area contributed by atoms with Gasteiger partial charge in [0, 0.05) is 40.1 Å². The summed E-state index contributed by atoms with van der Waals surface area (Å²) in [6, 6.07) is 32.6. The smallest absolute Gasteiger partial charge is 0.512 e. The van der Waals surface area contributed by atoms with Crippen molar-refractivity contribution >= 4 is 48.6 Å². The van der Waals surface area contributed by atoms with Gasteiger partial charge in [-0.25, -0.2) is 0 Å². The molecule has 5 nitrogen and oxygen atoms in total. The summed E-state index contributed by atoms with van der Waals surface area (Å²) >= 11 is 3.42. The van der Waals surface area contributed by atoms with E-state index in [0.29, 0.717) is 6.42 Å². The van der Waals surface area contributed by atoms with Crippen LogP contribution in [-0.4, -0.2) is 15.0 Å². The Morgan fingerprint density at radius 2 is 1.10 bits per heavy atom. The zero-order valence-electron chi connectivity index (χ0n) is 21.9. The average Bonchev–Trinajstić information content (AvgIpc) is 2.98. The first-order valence-electron chi connectivity index (χ1n) is 11.8. The van der Waals surface area contributed by atoms with Gasteiger partial charge in [-0.15, -0.1) is 0 Å². The first-order chi connectivity index (χ1) is 18.7. The third kappa shape index (κ3) is 9.55. The quantitative estimate of drug-likeness (QED) is 0.162. The van der Waals surface area contributed by atoms with Crippen LogP contribution in [0.25, 0.3) is 32.7 Å². The Labute approximate surface area is 259 Å². The number of fused-ring (bicyclic) bond motifs is 3. The summed E-state index contributed by atoms with van der Waals surface area (Å²) in [7, 11) is 0. The molecule has 0 N–H and O–H groups in total.